The van der Waals surface area contributed by atoms with E-state index in [9.17, 15) is 4.79 Å². The van der Waals surface area contributed by atoms with Gasteiger partial charge in [0.05, 0.1) is 0 Å². The summed E-state index contributed by atoms with van der Waals surface area (Å²) < 4.78 is 5.17. The highest BCUT2D eigenvalue weighted by Gasteiger charge is 2.28. The Balaban J connectivity index is 1.68. The van der Waals surface area contributed by atoms with E-state index >= 15 is 0 Å². The topological polar surface area (TPSA) is 55.1 Å². The Morgan fingerprint density at radius 3 is 2.74 bits per heavy atom. The van der Waals surface area contributed by atoms with E-state index in [2.05, 4.69) is 17.4 Å². The van der Waals surface area contributed by atoms with E-state index in [1.165, 1.54) is 5.56 Å². The second kappa shape index (κ2) is 4.88. The molecule has 0 spiro atoms. The van der Waals surface area contributed by atoms with Crippen molar-refractivity contribution in [2.75, 3.05) is 5.32 Å². The summed E-state index contributed by atoms with van der Waals surface area (Å²) in [4.78, 5) is 12.0. The van der Waals surface area contributed by atoms with Gasteiger partial charge in [-0.15, -0.1) is 0 Å². The number of carbonyl (C=O) groups excluding carboxylic acids is 1. The average molecular weight is 256 g/mol. The Kier molecular flexibility index (Phi) is 3.07. The number of carbonyl (C=O) groups is 1. The van der Waals surface area contributed by atoms with Gasteiger partial charge in [0.2, 0.25) is 0 Å². The predicted octanol–water partition coefficient (Wildman–Crippen LogP) is 3.37. The number of rotatable bonds is 4. The minimum absolute atomic E-state index is 0.222. The molecule has 98 valence electrons. The van der Waals surface area contributed by atoms with Crippen molar-refractivity contribution in [3.8, 4) is 0 Å². The first kappa shape index (κ1) is 12.0. The average Bonchev–Trinajstić information content (AvgIpc) is 3.17. The minimum atomic E-state index is -0.222. The van der Waals surface area contributed by atoms with E-state index < -0.39 is 0 Å². The van der Waals surface area contributed by atoms with E-state index in [0.29, 0.717) is 11.6 Å². The van der Waals surface area contributed by atoms with Crippen LogP contribution in [-0.2, 0) is 6.42 Å². The van der Waals surface area contributed by atoms with Crippen LogP contribution in [0, 0.1) is 0 Å². The lowest BCUT2D eigenvalue weighted by Crippen LogP contribution is -2.12. The summed E-state index contributed by atoms with van der Waals surface area (Å²) in [6.07, 6.45) is 3.26. The van der Waals surface area contributed by atoms with Gasteiger partial charge in [0.15, 0.2) is 5.69 Å². The van der Waals surface area contributed by atoms with Gasteiger partial charge in [-0.05, 0) is 37.0 Å². The standard InChI is InChI=1S/C15H16N2O2/c1-2-10-3-7-12(8-4-10)16-15(18)13-9-14(19-17-13)11-5-6-11/h3-4,7-9,11H,2,5-6H2,1H3,(H,16,18). The van der Waals surface area contributed by atoms with E-state index in [0.717, 1.165) is 30.7 Å². The number of aromatic nitrogens is 1. The largest absolute Gasteiger partial charge is 0.360 e. The molecule has 0 bridgehead atoms. The normalized spacial score (nSPS) is 14.4. The van der Waals surface area contributed by atoms with Gasteiger partial charge in [0.1, 0.15) is 5.76 Å². The molecule has 4 nitrogen and oxygen atoms in total. The molecule has 1 aromatic carbocycles. The quantitative estimate of drug-likeness (QED) is 0.912. The SMILES string of the molecule is CCc1ccc(NC(=O)c2cc(C3CC3)on2)cc1. The molecule has 0 saturated heterocycles. The van der Waals surface area contributed by atoms with Crippen LogP contribution in [0.25, 0.3) is 0 Å². The highest BCUT2D eigenvalue weighted by atomic mass is 16.5. The van der Waals surface area contributed by atoms with E-state index in [4.69, 9.17) is 4.52 Å². The minimum Gasteiger partial charge on any atom is -0.360 e. The van der Waals surface area contributed by atoms with Crippen LogP contribution in [0.3, 0.4) is 0 Å². The first-order valence-corrected chi connectivity index (χ1v) is 6.63. The van der Waals surface area contributed by atoms with Crippen molar-refractivity contribution in [1.82, 2.24) is 5.16 Å². The lowest BCUT2D eigenvalue weighted by atomic mass is 10.1. The highest BCUT2D eigenvalue weighted by molar-refractivity contribution is 6.02. The lowest BCUT2D eigenvalue weighted by Gasteiger charge is -2.03. The molecule has 3 rings (SSSR count). The molecule has 1 saturated carbocycles. The molecule has 0 radical (unpaired) electrons. The smallest absolute Gasteiger partial charge is 0.277 e. The molecular formula is C15H16N2O2. The van der Waals surface area contributed by atoms with Crippen LogP contribution in [0.5, 0.6) is 0 Å². The Labute approximate surface area is 111 Å². The summed E-state index contributed by atoms with van der Waals surface area (Å²) in [6.45, 7) is 2.10. The number of amides is 1. The van der Waals surface area contributed by atoms with Gasteiger partial charge >= 0.3 is 0 Å². The molecule has 1 heterocycles. The van der Waals surface area contributed by atoms with E-state index in [-0.39, 0.29) is 5.91 Å². The Hall–Kier alpha value is -2.10. The fourth-order valence-corrected chi connectivity index (χ4v) is 1.98. The van der Waals surface area contributed by atoms with Crippen LogP contribution >= 0.6 is 0 Å². The molecule has 2 aromatic rings. The molecule has 4 heteroatoms. The first-order chi connectivity index (χ1) is 9.26. The molecule has 1 amide bonds. The van der Waals surface area contributed by atoms with Crippen molar-refractivity contribution in [2.24, 2.45) is 0 Å². The van der Waals surface area contributed by atoms with Crippen LogP contribution in [0.2, 0.25) is 0 Å². The van der Waals surface area contributed by atoms with Crippen LogP contribution < -0.4 is 5.32 Å². The maximum absolute atomic E-state index is 12.0. The number of nitrogens with zero attached hydrogens (tertiary/aromatic N) is 1. The van der Waals surface area contributed by atoms with Gasteiger partial charge in [-0.1, -0.05) is 24.2 Å². The Morgan fingerprint density at radius 2 is 2.11 bits per heavy atom. The molecular weight excluding hydrogens is 240 g/mol. The van der Waals surface area contributed by atoms with Crippen molar-refractivity contribution >= 4 is 11.6 Å². The van der Waals surface area contributed by atoms with Crippen molar-refractivity contribution in [3.63, 3.8) is 0 Å². The number of benzene rings is 1. The van der Waals surface area contributed by atoms with Crippen molar-refractivity contribution < 1.29 is 9.32 Å². The van der Waals surface area contributed by atoms with Gasteiger partial charge in [0.25, 0.3) is 5.91 Å². The molecule has 0 atom stereocenters. The van der Waals surface area contributed by atoms with Crippen molar-refractivity contribution in [1.29, 1.82) is 0 Å². The fraction of sp³-hybridized carbons (Fsp3) is 0.333. The van der Waals surface area contributed by atoms with Crippen LogP contribution in [0.15, 0.2) is 34.9 Å². The molecule has 1 fully saturated rings. The maximum atomic E-state index is 12.0. The molecule has 1 aliphatic rings. The number of aryl methyl sites for hydroxylation is 1. The molecule has 0 unspecified atom stereocenters. The summed E-state index contributed by atoms with van der Waals surface area (Å²) in [5, 5.41) is 6.64. The predicted molar refractivity (Wildman–Crippen MR) is 72.3 cm³/mol. The van der Waals surface area contributed by atoms with Crippen LogP contribution in [0.1, 0.15) is 47.5 Å². The van der Waals surface area contributed by atoms with Crippen molar-refractivity contribution in [3.05, 3.63) is 47.3 Å². The van der Waals surface area contributed by atoms with Gasteiger partial charge in [0, 0.05) is 17.7 Å². The van der Waals surface area contributed by atoms with Gasteiger partial charge in [-0.25, -0.2) is 0 Å². The Morgan fingerprint density at radius 1 is 1.37 bits per heavy atom. The second-order valence-electron chi connectivity index (χ2n) is 4.89. The second-order valence-corrected chi connectivity index (χ2v) is 4.89. The summed E-state index contributed by atoms with van der Waals surface area (Å²) in [6, 6.07) is 9.56. The zero-order chi connectivity index (χ0) is 13.2. The number of anilines is 1. The molecule has 1 aromatic heterocycles. The highest BCUT2D eigenvalue weighted by Crippen LogP contribution is 2.40. The zero-order valence-electron chi connectivity index (χ0n) is 10.8. The molecule has 1 N–H and O–H groups in total. The summed E-state index contributed by atoms with van der Waals surface area (Å²) in [5.41, 5.74) is 2.37. The summed E-state index contributed by atoms with van der Waals surface area (Å²) in [7, 11) is 0. The van der Waals surface area contributed by atoms with E-state index in [1.54, 1.807) is 6.07 Å². The third-order valence-electron chi connectivity index (χ3n) is 3.36. The van der Waals surface area contributed by atoms with Gasteiger partial charge < -0.3 is 9.84 Å². The summed E-state index contributed by atoms with van der Waals surface area (Å²) in [5.74, 6) is 1.07. The zero-order valence-corrected chi connectivity index (χ0v) is 10.8. The maximum Gasteiger partial charge on any atom is 0.277 e. The third-order valence-corrected chi connectivity index (χ3v) is 3.36. The van der Waals surface area contributed by atoms with Crippen LogP contribution in [0.4, 0.5) is 5.69 Å². The van der Waals surface area contributed by atoms with E-state index in [1.807, 2.05) is 24.3 Å². The van der Waals surface area contributed by atoms with Gasteiger partial charge in [-0.3, -0.25) is 4.79 Å². The lowest BCUT2D eigenvalue weighted by molar-refractivity contribution is 0.101. The van der Waals surface area contributed by atoms with Crippen LogP contribution in [-0.4, -0.2) is 11.1 Å². The number of nitrogens with one attached hydrogen (secondary N) is 1. The number of hydrogen-bond acceptors (Lipinski definition) is 3. The molecule has 0 aliphatic heterocycles. The third kappa shape index (κ3) is 2.67. The van der Waals surface area contributed by atoms with Crippen molar-refractivity contribution in [2.45, 2.75) is 32.1 Å². The fourth-order valence-electron chi connectivity index (χ4n) is 1.98. The first-order valence-electron chi connectivity index (χ1n) is 6.63. The summed E-state index contributed by atoms with van der Waals surface area (Å²) >= 11 is 0. The molecule has 1 aliphatic carbocycles. The molecule has 19 heavy (non-hydrogen) atoms. The van der Waals surface area contributed by atoms with Gasteiger partial charge in [-0.2, -0.15) is 0 Å². The monoisotopic (exact) mass is 256 g/mol. The Bertz CT molecular complexity index is 582. The number of hydrogen-bond donors (Lipinski definition) is 1.